The van der Waals surface area contributed by atoms with Crippen LogP contribution in [0.3, 0.4) is 0 Å². The Labute approximate surface area is 179 Å². The van der Waals surface area contributed by atoms with Gasteiger partial charge in [-0.1, -0.05) is 17.7 Å². The summed E-state index contributed by atoms with van der Waals surface area (Å²) < 4.78 is 14.3. The zero-order valence-corrected chi connectivity index (χ0v) is 17.8. The second-order valence-electron chi connectivity index (χ2n) is 8.60. The molecule has 4 rings (SSSR count). The smallest absolute Gasteiger partial charge is 0.260 e. The van der Waals surface area contributed by atoms with E-state index in [-0.39, 0.29) is 34.1 Å². The molecule has 1 saturated carbocycles. The molecule has 0 bridgehead atoms. The van der Waals surface area contributed by atoms with Crippen LogP contribution < -0.4 is 5.32 Å². The van der Waals surface area contributed by atoms with Crippen molar-refractivity contribution in [3.63, 3.8) is 0 Å². The molecule has 2 heterocycles. The number of carbonyl (C=O) groups excluding carboxylic acids is 2. The maximum atomic E-state index is 14.3. The fraction of sp³-hybridized carbons (Fsp3) is 0.409. The largest absolute Gasteiger partial charge is 0.388 e. The van der Waals surface area contributed by atoms with Crippen LogP contribution in [0, 0.1) is 18.7 Å². The van der Waals surface area contributed by atoms with Gasteiger partial charge in [0, 0.05) is 18.3 Å². The molecule has 2 aliphatic rings. The Morgan fingerprint density at radius 2 is 2.07 bits per heavy atom. The third kappa shape index (κ3) is 3.56. The van der Waals surface area contributed by atoms with E-state index in [1.54, 1.807) is 31.9 Å². The summed E-state index contributed by atoms with van der Waals surface area (Å²) in [7, 11) is 0. The summed E-state index contributed by atoms with van der Waals surface area (Å²) in [5.74, 6) is -1.52. The summed E-state index contributed by atoms with van der Waals surface area (Å²) in [5, 5.41) is 13.3. The maximum Gasteiger partial charge on any atom is 0.260 e. The van der Waals surface area contributed by atoms with E-state index < -0.39 is 17.3 Å². The summed E-state index contributed by atoms with van der Waals surface area (Å²) in [6, 6.07) is 2.34. The number of benzene rings is 1. The number of carbonyl (C=O) groups is 2. The van der Waals surface area contributed by atoms with Crippen molar-refractivity contribution >= 4 is 29.1 Å². The van der Waals surface area contributed by atoms with Crippen molar-refractivity contribution in [1.82, 2.24) is 9.88 Å². The van der Waals surface area contributed by atoms with E-state index in [9.17, 15) is 19.1 Å². The number of pyridine rings is 1. The molecule has 1 atom stereocenters. The number of nitrogens with one attached hydrogen (secondary N) is 1. The second-order valence-corrected chi connectivity index (χ2v) is 8.98. The zero-order chi connectivity index (χ0) is 21.8. The minimum absolute atomic E-state index is 0.0248. The topological polar surface area (TPSA) is 82.5 Å². The van der Waals surface area contributed by atoms with Crippen molar-refractivity contribution in [2.24, 2.45) is 5.92 Å². The molecule has 30 heavy (non-hydrogen) atoms. The lowest BCUT2D eigenvalue weighted by molar-refractivity contribution is -0.0224. The minimum Gasteiger partial charge on any atom is -0.388 e. The van der Waals surface area contributed by atoms with E-state index in [0.29, 0.717) is 23.2 Å². The molecule has 2 amide bonds. The first-order valence-corrected chi connectivity index (χ1v) is 10.2. The van der Waals surface area contributed by atoms with Crippen molar-refractivity contribution < 1.29 is 19.1 Å². The monoisotopic (exact) mass is 431 g/mol. The Morgan fingerprint density at radius 1 is 1.37 bits per heavy atom. The van der Waals surface area contributed by atoms with Gasteiger partial charge < -0.3 is 15.3 Å². The molecule has 8 heteroatoms. The Morgan fingerprint density at radius 3 is 2.70 bits per heavy atom. The van der Waals surface area contributed by atoms with Crippen LogP contribution in [0.2, 0.25) is 5.02 Å². The number of aryl methyl sites for hydroxylation is 1. The molecule has 0 spiro atoms. The summed E-state index contributed by atoms with van der Waals surface area (Å²) in [5.41, 5.74) is 0.407. The Kier molecular flexibility index (Phi) is 5.06. The van der Waals surface area contributed by atoms with Gasteiger partial charge in [0.05, 0.1) is 39.7 Å². The minimum atomic E-state index is -1.06. The van der Waals surface area contributed by atoms with E-state index in [4.69, 9.17) is 11.6 Å². The quantitative estimate of drug-likeness (QED) is 0.751. The first-order valence-electron chi connectivity index (χ1n) is 9.85. The number of rotatable bonds is 5. The van der Waals surface area contributed by atoms with Gasteiger partial charge in [0.1, 0.15) is 5.82 Å². The molecule has 2 aromatic rings. The van der Waals surface area contributed by atoms with Gasteiger partial charge in [0.25, 0.3) is 11.8 Å². The number of hydrogen-bond donors (Lipinski definition) is 2. The van der Waals surface area contributed by atoms with Gasteiger partial charge in [0.2, 0.25) is 0 Å². The summed E-state index contributed by atoms with van der Waals surface area (Å²) >= 11 is 6.14. The van der Waals surface area contributed by atoms with Crippen molar-refractivity contribution in [1.29, 1.82) is 0 Å². The highest BCUT2D eigenvalue weighted by atomic mass is 35.5. The van der Waals surface area contributed by atoms with Crippen LogP contribution >= 0.6 is 11.6 Å². The van der Waals surface area contributed by atoms with Gasteiger partial charge in [-0.15, -0.1) is 0 Å². The number of fused-ring (bicyclic) bond motifs is 1. The van der Waals surface area contributed by atoms with Gasteiger partial charge >= 0.3 is 0 Å². The third-order valence-corrected chi connectivity index (χ3v) is 6.21. The zero-order valence-electron chi connectivity index (χ0n) is 17.0. The molecule has 1 aliphatic carbocycles. The van der Waals surface area contributed by atoms with Crippen LogP contribution in [-0.4, -0.2) is 38.4 Å². The fourth-order valence-electron chi connectivity index (χ4n) is 4.27. The predicted molar refractivity (Wildman–Crippen MR) is 111 cm³/mol. The summed E-state index contributed by atoms with van der Waals surface area (Å²) in [6.07, 6.45) is 4.87. The number of halogens is 2. The molecule has 0 radical (unpaired) electrons. The molecular weight excluding hydrogens is 409 g/mol. The maximum absolute atomic E-state index is 14.3. The van der Waals surface area contributed by atoms with Crippen LogP contribution in [0.15, 0.2) is 24.5 Å². The number of anilines is 1. The molecule has 0 unspecified atom stereocenters. The molecule has 1 aromatic carbocycles. The normalized spacial score (nSPS) is 17.1. The highest BCUT2D eigenvalue weighted by Crippen LogP contribution is 2.43. The highest BCUT2D eigenvalue weighted by Gasteiger charge is 2.48. The molecular formula is C22H23ClFN3O3. The van der Waals surface area contributed by atoms with Crippen LogP contribution in [0.25, 0.3) is 0 Å². The fourth-order valence-corrected chi connectivity index (χ4v) is 4.51. The van der Waals surface area contributed by atoms with Crippen molar-refractivity contribution in [3.05, 3.63) is 57.6 Å². The molecule has 1 aromatic heterocycles. The number of hydrogen-bond acceptors (Lipinski definition) is 4. The van der Waals surface area contributed by atoms with Crippen LogP contribution in [-0.2, 0) is 6.54 Å². The van der Waals surface area contributed by atoms with E-state index in [0.717, 1.165) is 12.8 Å². The van der Waals surface area contributed by atoms with E-state index >= 15 is 0 Å². The van der Waals surface area contributed by atoms with Crippen LogP contribution in [0.1, 0.15) is 58.5 Å². The standard InChI is InChI=1S/C22H23ClFN3O3/c1-11-4-7-14(24)17(18(11)23)20(28)26-15-9-25-8-13-10-27(21(29)16(13)15)19(12-5-6-12)22(2,3)30/h4,7-9,12,19,30H,5-6,10H2,1-3H3,(H,26,28)/t19-/m1/s1. The SMILES string of the molecule is Cc1ccc(F)c(C(=O)Nc2cncc3c2C(=O)N([C@H](C2CC2)C(C)(C)O)C3)c1Cl. The van der Waals surface area contributed by atoms with Gasteiger partial charge in [-0.25, -0.2) is 4.39 Å². The number of nitrogens with zero attached hydrogens (tertiary/aromatic N) is 2. The average molecular weight is 432 g/mol. The highest BCUT2D eigenvalue weighted by molar-refractivity contribution is 6.35. The van der Waals surface area contributed by atoms with Gasteiger partial charge in [-0.3, -0.25) is 14.6 Å². The Bertz CT molecular complexity index is 1050. The number of aliphatic hydroxyl groups is 1. The van der Waals surface area contributed by atoms with Crippen LogP contribution in [0.4, 0.5) is 10.1 Å². The number of aromatic nitrogens is 1. The third-order valence-electron chi connectivity index (χ3n) is 5.73. The predicted octanol–water partition coefficient (Wildman–Crippen LogP) is 3.94. The summed E-state index contributed by atoms with van der Waals surface area (Å²) in [4.78, 5) is 31.8. The van der Waals surface area contributed by atoms with Gasteiger partial charge in [-0.2, -0.15) is 0 Å². The summed E-state index contributed by atoms with van der Waals surface area (Å²) in [6.45, 7) is 5.39. The lowest BCUT2D eigenvalue weighted by Gasteiger charge is -2.37. The second kappa shape index (κ2) is 7.32. The molecule has 1 fully saturated rings. The van der Waals surface area contributed by atoms with Crippen molar-refractivity contribution in [2.75, 3.05) is 5.32 Å². The Balaban J connectivity index is 1.66. The molecule has 2 N–H and O–H groups in total. The van der Waals surface area contributed by atoms with Crippen LogP contribution in [0.5, 0.6) is 0 Å². The van der Waals surface area contributed by atoms with E-state index in [1.807, 2.05) is 0 Å². The molecule has 6 nitrogen and oxygen atoms in total. The van der Waals surface area contributed by atoms with Crippen molar-refractivity contribution in [3.8, 4) is 0 Å². The van der Waals surface area contributed by atoms with Gasteiger partial charge in [0.15, 0.2) is 0 Å². The first-order chi connectivity index (χ1) is 14.1. The van der Waals surface area contributed by atoms with E-state index in [2.05, 4.69) is 10.3 Å². The average Bonchev–Trinajstić information content (AvgIpc) is 3.42. The lowest BCUT2D eigenvalue weighted by Crippen LogP contribution is -2.51. The number of amides is 2. The van der Waals surface area contributed by atoms with E-state index in [1.165, 1.54) is 18.3 Å². The lowest BCUT2D eigenvalue weighted by atomic mass is 9.93. The molecule has 1 aliphatic heterocycles. The van der Waals surface area contributed by atoms with Gasteiger partial charge in [-0.05, 0) is 51.2 Å². The molecule has 158 valence electrons. The Hall–Kier alpha value is -2.51. The van der Waals surface area contributed by atoms with Crippen molar-refractivity contribution in [2.45, 2.75) is 51.8 Å². The molecule has 0 saturated heterocycles. The first kappa shape index (κ1) is 20.8.